The average Bonchev–Trinajstić information content (AvgIpc) is 2.76. The van der Waals surface area contributed by atoms with E-state index in [9.17, 15) is 9.59 Å². The van der Waals surface area contributed by atoms with E-state index in [1.54, 1.807) is 12.3 Å². The van der Waals surface area contributed by atoms with Gasteiger partial charge in [0.1, 0.15) is 0 Å². The molecule has 0 aliphatic heterocycles. The van der Waals surface area contributed by atoms with E-state index in [4.69, 9.17) is 5.11 Å². The smallest absolute Gasteiger partial charge is 0.304 e. The van der Waals surface area contributed by atoms with Gasteiger partial charge in [-0.05, 0) is 54.8 Å². The van der Waals surface area contributed by atoms with Crippen LogP contribution < -0.4 is 0 Å². The summed E-state index contributed by atoms with van der Waals surface area (Å²) in [6, 6.07) is 19.6. The number of rotatable bonds is 7. The predicted molar refractivity (Wildman–Crippen MR) is 121 cm³/mol. The van der Waals surface area contributed by atoms with Crippen molar-refractivity contribution in [2.24, 2.45) is 0 Å². The Morgan fingerprint density at radius 1 is 1.03 bits per heavy atom. The highest BCUT2D eigenvalue weighted by Gasteiger charge is 2.21. The molecule has 0 bridgehead atoms. The van der Waals surface area contributed by atoms with Gasteiger partial charge in [-0.15, -0.1) is 0 Å². The number of hydrogen-bond acceptors (Lipinski definition) is 3. The van der Waals surface area contributed by atoms with Crippen LogP contribution in [0.5, 0.6) is 0 Å². The Balaban J connectivity index is 1.87. The third kappa shape index (κ3) is 6.13. The van der Waals surface area contributed by atoms with Gasteiger partial charge in [-0.3, -0.25) is 14.6 Å². The predicted octanol–water partition coefficient (Wildman–Crippen LogP) is 5.32. The molecule has 156 valence electrons. The topological polar surface area (TPSA) is 67.3 Å². The molecule has 0 radical (unpaired) electrons. The van der Waals surface area contributed by atoms with Crippen molar-refractivity contribution in [1.29, 1.82) is 0 Å². The Morgan fingerprint density at radius 2 is 1.77 bits per heavy atom. The maximum Gasteiger partial charge on any atom is 0.304 e. The number of carbonyl (C=O) groups excluding carboxylic acids is 1. The fourth-order valence-electron chi connectivity index (χ4n) is 3.54. The minimum absolute atomic E-state index is 0.0387. The van der Waals surface area contributed by atoms with Crippen LogP contribution in [0.3, 0.4) is 0 Å². The van der Waals surface area contributed by atoms with Crippen LogP contribution in [0, 0.1) is 25.7 Å². The Hall–Kier alpha value is -3.71. The van der Waals surface area contributed by atoms with Crippen LogP contribution in [0.2, 0.25) is 0 Å². The first-order chi connectivity index (χ1) is 14.9. The van der Waals surface area contributed by atoms with Crippen molar-refractivity contribution in [2.75, 3.05) is 0 Å². The fourth-order valence-corrected chi connectivity index (χ4v) is 3.54. The standard InChI is InChI=1S/C27H25NO3/c1-19-7-3-5-9-24(19)25(18-26(29)23-15-16-28-20(2)17-23)22-13-11-21(12-14-22)8-4-6-10-27(30)31/h3,5,7,9,11-17,25H,6,10,18H2,1-2H3,(H,30,31). The zero-order valence-electron chi connectivity index (χ0n) is 17.8. The largest absolute Gasteiger partial charge is 0.481 e. The summed E-state index contributed by atoms with van der Waals surface area (Å²) in [6.07, 6.45) is 2.39. The first kappa shape index (κ1) is 22.0. The molecule has 0 aliphatic carbocycles. The minimum Gasteiger partial charge on any atom is -0.481 e. The second-order valence-electron chi connectivity index (χ2n) is 7.54. The number of carboxylic acids is 1. The molecule has 1 unspecified atom stereocenters. The summed E-state index contributed by atoms with van der Waals surface area (Å²) >= 11 is 0. The number of Topliss-reactive ketones (excluding diaryl/α,β-unsaturated/α-hetero) is 1. The zero-order chi connectivity index (χ0) is 22.2. The van der Waals surface area contributed by atoms with Crippen LogP contribution in [0.25, 0.3) is 0 Å². The molecule has 0 amide bonds. The van der Waals surface area contributed by atoms with E-state index in [-0.39, 0.29) is 18.1 Å². The second kappa shape index (κ2) is 10.4. The molecule has 1 N–H and O–H groups in total. The van der Waals surface area contributed by atoms with Gasteiger partial charge in [0.2, 0.25) is 0 Å². The number of carboxylic acid groups (broad SMARTS) is 1. The van der Waals surface area contributed by atoms with Gasteiger partial charge in [0.15, 0.2) is 5.78 Å². The molecular weight excluding hydrogens is 386 g/mol. The molecule has 4 nitrogen and oxygen atoms in total. The lowest BCUT2D eigenvalue weighted by Crippen LogP contribution is -2.11. The monoisotopic (exact) mass is 411 g/mol. The summed E-state index contributed by atoms with van der Waals surface area (Å²) in [4.78, 5) is 27.9. The van der Waals surface area contributed by atoms with Crippen molar-refractivity contribution in [3.8, 4) is 11.8 Å². The first-order valence-corrected chi connectivity index (χ1v) is 10.3. The van der Waals surface area contributed by atoms with Crippen LogP contribution in [0.4, 0.5) is 0 Å². The summed E-state index contributed by atoms with van der Waals surface area (Å²) in [6.45, 7) is 3.94. The van der Waals surface area contributed by atoms with Crippen molar-refractivity contribution in [1.82, 2.24) is 4.98 Å². The molecular formula is C27H25NO3. The van der Waals surface area contributed by atoms with Crippen molar-refractivity contribution >= 4 is 11.8 Å². The highest BCUT2D eigenvalue weighted by molar-refractivity contribution is 5.96. The Morgan fingerprint density at radius 3 is 2.45 bits per heavy atom. The summed E-state index contributed by atoms with van der Waals surface area (Å²) in [7, 11) is 0. The lowest BCUT2D eigenvalue weighted by atomic mass is 9.83. The molecule has 31 heavy (non-hydrogen) atoms. The molecule has 0 aliphatic rings. The number of hydrogen-bond donors (Lipinski definition) is 1. The normalized spacial score (nSPS) is 11.3. The SMILES string of the molecule is Cc1cc(C(=O)CC(c2ccc(C#CCCC(=O)O)cc2)c2ccccc2C)ccn1. The van der Waals surface area contributed by atoms with Crippen molar-refractivity contribution in [3.05, 3.63) is 100 Å². The molecule has 0 spiro atoms. The number of nitrogens with zero attached hydrogens (tertiary/aromatic N) is 1. The molecule has 1 atom stereocenters. The molecule has 0 saturated carbocycles. The molecule has 4 heteroatoms. The Labute approximate surface area is 183 Å². The van der Waals surface area contributed by atoms with Crippen LogP contribution >= 0.6 is 0 Å². The van der Waals surface area contributed by atoms with Gasteiger partial charge < -0.3 is 5.11 Å². The van der Waals surface area contributed by atoms with Gasteiger partial charge in [0.25, 0.3) is 0 Å². The maximum absolute atomic E-state index is 13.1. The number of ketones is 1. The van der Waals surface area contributed by atoms with E-state index in [2.05, 4.69) is 35.9 Å². The summed E-state index contributed by atoms with van der Waals surface area (Å²) < 4.78 is 0. The second-order valence-corrected chi connectivity index (χ2v) is 7.54. The van der Waals surface area contributed by atoms with E-state index < -0.39 is 5.97 Å². The molecule has 0 fully saturated rings. The average molecular weight is 412 g/mol. The molecule has 3 aromatic rings. The van der Waals surface area contributed by atoms with Crippen molar-refractivity contribution in [2.45, 2.75) is 39.0 Å². The van der Waals surface area contributed by atoms with Gasteiger partial charge in [-0.2, -0.15) is 0 Å². The lowest BCUT2D eigenvalue weighted by molar-refractivity contribution is -0.136. The van der Waals surface area contributed by atoms with E-state index >= 15 is 0 Å². The number of aryl methyl sites for hydroxylation is 2. The van der Waals surface area contributed by atoms with E-state index in [1.807, 2.05) is 49.4 Å². The summed E-state index contributed by atoms with van der Waals surface area (Å²) in [5.41, 5.74) is 5.64. The van der Waals surface area contributed by atoms with E-state index in [0.29, 0.717) is 18.4 Å². The molecule has 1 heterocycles. The Bertz CT molecular complexity index is 1140. The maximum atomic E-state index is 13.1. The fraction of sp³-hybridized carbons (Fsp3) is 0.222. The molecule has 1 aromatic heterocycles. The molecule has 0 saturated heterocycles. The highest BCUT2D eigenvalue weighted by atomic mass is 16.4. The van der Waals surface area contributed by atoms with E-state index in [0.717, 1.165) is 27.9 Å². The van der Waals surface area contributed by atoms with Gasteiger partial charge in [0.05, 0.1) is 6.42 Å². The highest BCUT2D eigenvalue weighted by Crippen LogP contribution is 2.31. The number of aliphatic carboxylic acids is 1. The van der Waals surface area contributed by atoms with Crippen LogP contribution in [0.1, 0.15) is 63.5 Å². The quantitative estimate of drug-likeness (QED) is 0.422. The summed E-state index contributed by atoms with van der Waals surface area (Å²) in [5.74, 6) is 5.05. The first-order valence-electron chi connectivity index (χ1n) is 10.3. The molecule has 3 rings (SSSR count). The van der Waals surface area contributed by atoms with Gasteiger partial charge in [0, 0.05) is 41.8 Å². The zero-order valence-corrected chi connectivity index (χ0v) is 17.8. The lowest BCUT2D eigenvalue weighted by Gasteiger charge is -2.20. The van der Waals surface area contributed by atoms with Crippen molar-refractivity contribution in [3.63, 3.8) is 0 Å². The number of carbonyl (C=O) groups is 2. The van der Waals surface area contributed by atoms with Gasteiger partial charge in [-0.25, -0.2) is 0 Å². The van der Waals surface area contributed by atoms with Crippen LogP contribution in [-0.4, -0.2) is 21.8 Å². The Kier molecular flexibility index (Phi) is 7.35. The summed E-state index contributed by atoms with van der Waals surface area (Å²) in [5, 5.41) is 8.71. The van der Waals surface area contributed by atoms with Gasteiger partial charge >= 0.3 is 5.97 Å². The van der Waals surface area contributed by atoms with Crippen molar-refractivity contribution < 1.29 is 14.7 Å². The number of pyridine rings is 1. The minimum atomic E-state index is -0.847. The van der Waals surface area contributed by atoms with Gasteiger partial charge in [-0.1, -0.05) is 48.2 Å². The van der Waals surface area contributed by atoms with Crippen LogP contribution in [-0.2, 0) is 4.79 Å². The third-order valence-electron chi connectivity index (χ3n) is 5.18. The number of aromatic nitrogens is 1. The molecule has 2 aromatic carbocycles. The number of benzene rings is 2. The van der Waals surface area contributed by atoms with Crippen LogP contribution in [0.15, 0.2) is 66.9 Å². The third-order valence-corrected chi connectivity index (χ3v) is 5.18. The van der Waals surface area contributed by atoms with E-state index in [1.165, 1.54) is 0 Å².